The zero-order chi connectivity index (χ0) is 16.7. The molecule has 1 aromatic carbocycles. The summed E-state index contributed by atoms with van der Waals surface area (Å²) in [6.07, 6.45) is -1.31. The summed E-state index contributed by atoms with van der Waals surface area (Å²) >= 11 is 0. The van der Waals surface area contributed by atoms with Gasteiger partial charge in [-0.25, -0.2) is 8.78 Å². The van der Waals surface area contributed by atoms with Crippen LogP contribution in [0.15, 0.2) is 35.3 Å². The van der Waals surface area contributed by atoms with Crippen molar-refractivity contribution in [1.29, 1.82) is 0 Å². The Bertz CT molecular complexity index is 491. The van der Waals surface area contributed by atoms with Gasteiger partial charge in [0.2, 0.25) is 0 Å². The van der Waals surface area contributed by atoms with E-state index in [2.05, 4.69) is 51.3 Å². The molecule has 0 saturated carbocycles. The summed E-state index contributed by atoms with van der Waals surface area (Å²) in [4.78, 5) is 8.63. The molecule has 1 fully saturated rings. The van der Waals surface area contributed by atoms with Gasteiger partial charge in [0.1, 0.15) is 0 Å². The highest BCUT2D eigenvalue weighted by atomic mass is 127. The number of piperazine rings is 1. The largest absolute Gasteiger partial charge is 0.351 e. The SMILES string of the molecule is CCC(c1ccccc1)N1CCN(C(=NC)NCC(F)F)CC1.I. The van der Waals surface area contributed by atoms with E-state index in [-0.39, 0.29) is 30.5 Å². The Balaban J connectivity index is 0.00000288. The van der Waals surface area contributed by atoms with Gasteiger partial charge < -0.3 is 10.2 Å². The number of halogens is 3. The number of aliphatic imine (C=N–C) groups is 1. The zero-order valence-electron chi connectivity index (χ0n) is 14.3. The lowest BCUT2D eigenvalue weighted by molar-refractivity contribution is 0.123. The maximum Gasteiger partial charge on any atom is 0.255 e. The van der Waals surface area contributed by atoms with Crippen LogP contribution in [-0.4, -0.2) is 62.0 Å². The van der Waals surface area contributed by atoms with E-state index in [1.165, 1.54) is 5.56 Å². The van der Waals surface area contributed by atoms with Crippen LogP contribution in [0.4, 0.5) is 8.78 Å². The molecular weight excluding hydrogens is 425 g/mol. The highest BCUT2D eigenvalue weighted by Crippen LogP contribution is 2.25. The van der Waals surface area contributed by atoms with Gasteiger partial charge in [-0.2, -0.15) is 0 Å². The number of hydrogen-bond donors (Lipinski definition) is 1. The third kappa shape index (κ3) is 5.84. The van der Waals surface area contributed by atoms with Gasteiger partial charge in [0.15, 0.2) is 5.96 Å². The molecule has 1 unspecified atom stereocenters. The third-order valence-corrected chi connectivity index (χ3v) is 4.25. The van der Waals surface area contributed by atoms with Crippen LogP contribution in [0, 0.1) is 0 Å². The number of nitrogens with zero attached hydrogens (tertiary/aromatic N) is 3. The fourth-order valence-electron chi connectivity index (χ4n) is 3.13. The molecule has 0 aliphatic carbocycles. The first kappa shape index (κ1) is 21.1. The quantitative estimate of drug-likeness (QED) is 0.423. The molecular formula is C17H27F2IN4. The third-order valence-electron chi connectivity index (χ3n) is 4.25. The van der Waals surface area contributed by atoms with Crippen molar-refractivity contribution in [2.45, 2.75) is 25.8 Å². The first-order chi connectivity index (χ1) is 11.2. The van der Waals surface area contributed by atoms with Crippen LogP contribution in [0.3, 0.4) is 0 Å². The molecule has 7 heteroatoms. The first-order valence-corrected chi connectivity index (χ1v) is 8.18. The fraction of sp³-hybridized carbons (Fsp3) is 0.588. The van der Waals surface area contributed by atoms with Gasteiger partial charge in [-0.15, -0.1) is 24.0 Å². The van der Waals surface area contributed by atoms with Gasteiger partial charge in [-0.05, 0) is 12.0 Å². The van der Waals surface area contributed by atoms with Crippen LogP contribution in [0.1, 0.15) is 24.9 Å². The monoisotopic (exact) mass is 452 g/mol. The lowest BCUT2D eigenvalue weighted by atomic mass is 10.0. The summed E-state index contributed by atoms with van der Waals surface area (Å²) in [6, 6.07) is 10.9. The van der Waals surface area contributed by atoms with Crippen molar-refractivity contribution in [2.24, 2.45) is 4.99 Å². The summed E-state index contributed by atoms with van der Waals surface area (Å²) in [6.45, 7) is 5.26. The van der Waals surface area contributed by atoms with Crippen LogP contribution >= 0.6 is 24.0 Å². The Morgan fingerprint density at radius 1 is 1.17 bits per heavy atom. The minimum atomic E-state index is -2.37. The first-order valence-electron chi connectivity index (χ1n) is 8.18. The van der Waals surface area contributed by atoms with Gasteiger partial charge in [0, 0.05) is 39.3 Å². The molecule has 4 nitrogen and oxygen atoms in total. The highest BCUT2D eigenvalue weighted by molar-refractivity contribution is 14.0. The number of hydrogen-bond acceptors (Lipinski definition) is 2. The molecule has 1 heterocycles. The standard InChI is InChI=1S/C17H26F2N4.HI/c1-3-15(14-7-5-4-6-8-14)22-9-11-23(12-10-22)17(20-2)21-13-16(18)19;/h4-8,15-16H,3,9-13H2,1-2H3,(H,20,21);1H. The van der Waals surface area contributed by atoms with E-state index in [1.54, 1.807) is 7.05 Å². The molecule has 2 rings (SSSR count). The van der Waals surface area contributed by atoms with E-state index in [1.807, 2.05) is 6.07 Å². The van der Waals surface area contributed by atoms with E-state index in [0.29, 0.717) is 12.0 Å². The Kier molecular flexibility index (Phi) is 9.50. The van der Waals surface area contributed by atoms with Gasteiger partial charge in [0.25, 0.3) is 6.43 Å². The summed E-state index contributed by atoms with van der Waals surface area (Å²) in [5, 5.41) is 2.74. The van der Waals surface area contributed by atoms with Crippen molar-refractivity contribution in [3.05, 3.63) is 35.9 Å². The predicted octanol–water partition coefficient (Wildman–Crippen LogP) is 3.21. The molecule has 1 saturated heterocycles. The Labute approximate surface area is 160 Å². The topological polar surface area (TPSA) is 30.9 Å². The van der Waals surface area contributed by atoms with Crippen molar-refractivity contribution in [3.8, 4) is 0 Å². The van der Waals surface area contributed by atoms with Gasteiger partial charge in [-0.1, -0.05) is 37.3 Å². The molecule has 1 aliphatic heterocycles. The van der Waals surface area contributed by atoms with E-state index in [9.17, 15) is 8.78 Å². The molecule has 1 aromatic rings. The van der Waals surface area contributed by atoms with E-state index < -0.39 is 6.43 Å². The number of alkyl halides is 2. The smallest absolute Gasteiger partial charge is 0.255 e. The van der Waals surface area contributed by atoms with E-state index in [0.717, 1.165) is 32.6 Å². The molecule has 0 bridgehead atoms. The zero-order valence-corrected chi connectivity index (χ0v) is 16.6. The van der Waals surface area contributed by atoms with Crippen molar-refractivity contribution >= 4 is 29.9 Å². The molecule has 24 heavy (non-hydrogen) atoms. The average Bonchev–Trinajstić information content (AvgIpc) is 2.58. The molecule has 136 valence electrons. The maximum absolute atomic E-state index is 12.4. The predicted molar refractivity (Wildman–Crippen MR) is 105 cm³/mol. The van der Waals surface area contributed by atoms with Gasteiger partial charge in [0.05, 0.1) is 6.54 Å². The molecule has 0 amide bonds. The summed E-state index contributed by atoms with van der Waals surface area (Å²) in [5.41, 5.74) is 1.34. The van der Waals surface area contributed by atoms with Crippen molar-refractivity contribution in [1.82, 2.24) is 15.1 Å². The van der Waals surface area contributed by atoms with Crippen LogP contribution < -0.4 is 5.32 Å². The van der Waals surface area contributed by atoms with Crippen LogP contribution in [-0.2, 0) is 0 Å². The molecule has 0 aromatic heterocycles. The van der Waals surface area contributed by atoms with E-state index in [4.69, 9.17) is 0 Å². The number of benzene rings is 1. The molecule has 1 atom stereocenters. The lowest BCUT2D eigenvalue weighted by Gasteiger charge is -2.40. The minimum absolute atomic E-state index is 0. The summed E-state index contributed by atoms with van der Waals surface area (Å²) < 4.78 is 24.7. The second-order valence-electron chi connectivity index (χ2n) is 5.68. The Morgan fingerprint density at radius 3 is 2.29 bits per heavy atom. The number of nitrogens with one attached hydrogen (secondary N) is 1. The van der Waals surface area contributed by atoms with Crippen molar-refractivity contribution < 1.29 is 8.78 Å². The second kappa shape index (κ2) is 10.8. The van der Waals surface area contributed by atoms with Crippen LogP contribution in [0.2, 0.25) is 0 Å². The molecule has 1 N–H and O–H groups in total. The van der Waals surface area contributed by atoms with Gasteiger partial charge >= 0.3 is 0 Å². The summed E-state index contributed by atoms with van der Waals surface area (Å²) in [7, 11) is 1.64. The van der Waals surface area contributed by atoms with Gasteiger partial charge in [-0.3, -0.25) is 9.89 Å². The Hall–Kier alpha value is -0.960. The number of guanidine groups is 1. The van der Waals surface area contributed by atoms with Crippen LogP contribution in [0.5, 0.6) is 0 Å². The number of rotatable bonds is 5. The molecule has 0 spiro atoms. The van der Waals surface area contributed by atoms with Crippen molar-refractivity contribution in [2.75, 3.05) is 39.8 Å². The second-order valence-corrected chi connectivity index (χ2v) is 5.68. The Morgan fingerprint density at radius 2 is 1.79 bits per heavy atom. The minimum Gasteiger partial charge on any atom is -0.351 e. The van der Waals surface area contributed by atoms with Crippen LogP contribution in [0.25, 0.3) is 0 Å². The lowest BCUT2D eigenvalue weighted by Crippen LogP contribution is -2.53. The normalized spacial score (nSPS) is 17.5. The molecule has 0 radical (unpaired) electrons. The van der Waals surface area contributed by atoms with E-state index >= 15 is 0 Å². The summed E-state index contributed by atoms with van der Waals surface area (Å²) in [5.74, 6) is 0.567. The maximum atomic E-state index is 12.4. The average molecular weight is 452 g/mol. The fourth-order valence-corrected chi connectivity index (χ4v) is 3.13. The highest BCUT2D eigenvalue weighted by Gasteiger charge is 2.25. The van der Waals surface area contributed by atoms with Crippen molar-refractivity contribution in [3.63, 3.8) is 0 Å². The molecule has 1 aliphatic rings.